The molecule has 2 aliphatic heterocycles. The molecule has 2 fully saturated rings. The zero-order valence-corrected chi connectivity index (χ0v) is 15.6. The first-order valence-corrected chi connectivity index (χ1v) is 9.49. The SMILES string of the molecule is O=C(COc1cccnc1)N1CCC[C@@]2(C[C@@H](Oc3ccccc3F)CO2)C1. The van der Waals surface area contributed by atoms with Gasteiger partial charge in [0.25, 0.3) is 5.91 Å². The number of piperidine rings is 1. The number of halogens is 1. The monoisotopic (exact) mass is 386 g/mol. The van der Waals surface area contributed by atoms with Crippen molar-refractivity contribution in [3.8, 4) is 11.5 Å². The number of benzene rings is 1. The van der Waals surface area contributed by atoms with Crippen LogP contribution in [0.2, 0.25) is 0 Å². The van der Waals surface area contributed by atoms with Crippen molar-refractivity contribution in [3.63, 3.8) is 0 Å². The number of hydrogen-bond donors (Lipinski definition) is 0. The van der Waals surface area contributed by atoms with Gasteiger partial charge in [0.15, 0.2) is 18.2 Å². The van der Waals surface area contributed by atoms with E-state index in [9.17, 15) is 9.18 Å². The molecule has 2 aliphatic rings. The number of aromatic nitrogens is 1. The standard InChI is InChI=1S/C21H23FN2O4/c22-18-6-1-2-7-19(18)28-17-11-21(27-13-17)8-4-10-24(15-21)20(25)14-26-16-5-3-9-23-12-16/h1-3,5-7,9,12,17H,4,8,10-11,13-15H2/t17-,21-/m1/s1. The molecule has 0 saturated carbocycles. The van der Waals surface area contributed by atoms with E-state index in [-0.39, 0.29) is 30.2 Å². The van der Waals surface area contributed by atoms with Crippen LogP contribution in [-0.4, -0.2) is 53.8 Å². The molecule has 4 rings (SSSR count). The number of ether oxygens (including phenoxy) is 3. The van der Waals surface area contributed by atoms with E-state index in [0.717, 1.165) is 12.8 Å². The van der Waals surface area contributed by atoms with E-state index in [1.165, 1.54) is 6.07 Å². The van der Waals surface area contributed by atoms with Crippen LogP contribution in [0.25, 0.3) is 0 Å². The molecule has 2 saturated heterocycles. The lowest BCUT2D eigenvalue weighted by atomic mass is 9.89. The summed E-state index contributed by atoms with van der Waals surface area (Å²) in [6.07, 6.45) is 5.35. The number of pyridine rings is 1. The molecular formula is C21H23FN2O4. The fourth-order valence-electron chi connectivity index (χ4n) is 3.86. The Kier molecular flexibility index (Phi) is 5.43. The maximum atomic E-state index is 13.8. The molecule has 28 heavy (non-hydrogen) atoms. The van der Waals surface area contributed by atoms with Gasteiger partial charge in [-0.3, -0.25) is 9.78 Å². The number of nitrogens with zero attached hydrogens (tertiary/aromatic N) is 2. The number of likely N-dealkylation sites (tertiary alicyclic amines) is 1. The van der Waals surface area contributed by atoms with Crippen molar-refractivity contribution in [1.82, 2.24) is 9.88 Å². The van der Waals surface area contributed by atoms with Gasteiger partial charge in [-0.15, -0.1) is 0 Å². The largest absolute Gasteiger partial charge is 0.485 e. The smallest absolute Gasteiger partial charge is 0.260 e. The Morgan fingerprint density at radius 2 is 2.21 bits per heavy atom. The Labute approximate surface area is 163 Å². The van der Waals surface area contributed by atoms with Crippen LogP contribution in [0.5, 0.6) is 11.5 Å². The third kappa shape index (κ3) is 4.25. The molecule has 1 aromatic carbocycles. The van der Waals surface area contributed by atoms with Crippen LogP contribution >= 0.6 is 0 Å². The van der Waals surface area contributed by atoms with Crippen LogP contribution in [0.4, 0.5) is 4.39 Å². The van der Waals surface area contributed by atoms with Gasteiger partial charge in [0, 0.05) is 25.7 Å². The van der Waals surface area contributed by atoms with Crippen LogP contribution in [0.1, 0.15) is 19.3 Å². The Bertz CT molecular complexity index is 819. The molecule has 3 heterocycles. The molecule has 0 N–H and O–H groups in total. The highest BCUT2D eigenvalue weighted by molar-refractivity contribution is 5.78. The predicted molar refractivity (Wildman–Crippen MR) is 99.7 cm³/mol. The lowest BCUT2D eigenvalue weighted by molar-refractivity contribution is -0.141. The minimum Gasteiger partial charge on any atom is -0.485 e. The van der Waals surface area contributed by atoms with Crippen molar-refractivity contribution in [3.05, 3.63) is 54.6 Å². The van der Waals surface area contributed by atoms with Gasteiger partial charge < -0.3 is 19.1 Å². The van der Waals surface area contributed by atoms with Crippen LogP contribution in [0.15, 0.2) is 48.8 Å². The van der Waals surface area contributed by atoms with Gasteiger partial charge in [0.05, 0.1) is 18.4 Å². The Hall–Kier alpha value is -2.67. The van der Waals surface area contributed by atoms with Gasteiger partial charge in [0.2, 0.25) is 0 Å². The molecule has 7 heteroatoms. The van der Waals surface area contributed by atoms with Gasteiger partial charge in [-0.05, 0) is 37.1 Å². The fraction of sp³-hybridized carbons (Fsp3) is 0.429. The summed E-state index contributed by atoms with van der Waals surface area (Å²) in [6, 6.07) is 9.90. The van der Waals surface area contributed by atoms with E-state index in [0.29, 0.717) is 31.9 Å². The van der Waals surface area contributed by atoms with E-state index < -0.39 is 5.60 Å². The van der Waals surface area contributed by atoms with Gasteiger partial charge in [-0.1, -0.05) is 12.1 Å². The molecule has 6 nitrogen and oxygen atoms in total. The zero-order valence-electron chi connectivity index (χ0n) is 15.6. The molecule has 148 valence electrons. The summed E-state index contributed by atoms with van der Waals surface area (Å²) in [4.78, 5) is 18.3. The predicted octanol–water partition coefficient (Wildman–Crippen LogP) is 2.83. The second kappa shape index (κ2) is 8.14. The van der Waals surface area contributed by atoms with Gasteiger partial charge in [0.1, 0.15) is 11.9 Å². The third-order valence-electron chi connectivity index (χ3n) is 5.19. The van der Waals surface area contributed by atoms with Crippen LogP contribution in [0.3, 0.4) is 0 Å². The van der Waals surface area contributed by atoms with Gasteiger partial charge >= 0.3 is 0 Å². The van der Waals surface area contributed by atoms with E-state index in [1.807, 2.05) is 0 Å². The maximum absolute atomic E-state index is 13.8. The molecule has 2 aromatic rings. The second-order valence-electron chi connectivity index (χ2n) is 7.26. The van der Waals surface area contributed by atoms with Crippen molar-refractivity contribution in [2.75, 3.05) is 26.3 Å². The average Bonchev–Trinajstić information content (AvgIpc) is 3.10. The maximum Gasteiger partial charge on any atom is 0.260 e. The van der Waals surface area contributed by atoms with Crippen molar-refractivity contribution >= 4 is 5.91 Å². The summed E-state index contributed by atoms with van der Waals surface area (Å²) >= 11 is 0. The van der Waals surface area contributed by atoms with Gasteiger partial charge in [-0.25, -0.2) is 4.39 Å². The summed E-state index contributed by atoms with van der Waals surface area (Å²) in [5.74, 6) is 0.348. The summed E-state index contributed by atoms with van der Waals surface area (Å²) in [5.41, 5.74) is -0.432. The molecule has 0 radical (unpaired) electrons. The summed E-state index contributed by atoms with van der Waals surface area (Å²) in [7, 11) is 0. The average molecular weight is 386 g/mol. The van der Waals surface area contributed by atoms with Crippen molar-refractivity contribution in [1.29, 1.82) is 0 Å². The van der Waals surface area contributed by atoms with Crippen molar-refractivity contribution < 1.29 is 23.4 Å². The Morgan fingerprint density at radius 3 is 3.04 bits per heavy atom. The lowest BCUT2D eigenvalue weighted by Gasteiger charge is -2.39. The quantitative estimate of drug-likeness (QED) is 0.791. The number of rotatable bonds is 5. The van der Waals surface area contributed by atoms with E-state index in [1.54, 1.807) is 47.6 Å². The Balaban J connectivity index is 1.33. The van der Waals surface area contributed by atoms with Gasteiger partial charge in [-0.2, -0.15) is 0 Å². The molecule has 1 aromatic heterocycles. The number of carbonyl (C=O) groups excluding carboxylic acids is 1. The van der Waals surface area contributed by atoms with Crippen LogP contribution in [-0.2, 0) is 9.53 Å². The first-order chi connectivity index (χ1) is 13.6. The molecule has 2 atom stereocenters. The molecule has 1 amide bonds. The highest BCUT2D eigenvalue weighted by Gasteiger charge is 2.45. The fourth-order valence-corrected chi connectivity index (χ4v) is 3.86. The molecule has 0 aliphatic carbocycles. The number of para-hydroxylation sites is 1. The van der Waals surface area contributed by atoms with Crippen LogP contribution < -0.4 is 9.47 Å². The number of amides is 1. The molecule has 1 spiro atoms. The first kappa shape index (κ1) is 18.7. The van der Waals surface area contributed by atoms with E-state index in [2.05, 4.69) is 4.98 Å². The summed E-state index contributed by atoms with van der Waals surface area (Å²) < 4.78 is 31.2. The van der Waals surface area contributed by atoms with E-state index in [4.69, 9.17) is 14.2 Å². The first-order valence-electron chi connectivity index (χ1n) is 9.49. The highest BCUT2D eigenvalue weighted by Crippen LogP contribution is 2.36. The van der Waals surface area contributed by atoms with Crippen molar-refractivity contribution in [2.24, 2.45) is 0 Å². The molecular weight excluding hydrogens is 363 g/mol. The van der Waals surface area contributed by atoms with Crippen LogP contribution in [0, 0.1) is 5.82 Å². The van der Waals surface area contributed by atoms with Crippen molar-refractivity contribution in [2.45, 2.75) is 31.0 Å². The summed E-state index contributed by atoms with van der Waals surface area (Å²) in [5, 5.41) is 0. The summed E-state index contributed by atoms with van der Waals surface area (Å²) in [6.45, 7) is 1.54. The minimum atomic E-state index is -0.432. The second-order valence-corrected chi connectivity index (χ2v) is 7.26. The topological polar surface area (TPSA) is 60.9 Å². The third-order valence-corrected chi connectivity index (χ3v) is 5.19. The molecule has 0 unspecified atom stereocenters. The lowest BCUT2D eigenvalue weighted by Crippen LogP contribution is -2.51. The zero-order chi connectivity index (χ0) is 19.4. The molecule has 0 bridgehead atoms. The minimum absolute atomic E-state index is 0.0308. The van der Waals surface area contributed by atoms with E-state index >= 15 is 0 Å². The highest BCUT2D eigenvalue weighted by atomic mass is 19.1. The number of carbonyl (C=O) groups is 1. The normalized spacial score (nSPS) is 24.3. The number of hydrogen-bond acceptors (Lipinski definition) is 5. The Morgan fingerprint density at radius 1 is 1.32 bits per heavy atom.